The van der Waals surface area contributed by atoms with Crippen LogP contribution in [0.5, 0.6) is 5.75 Å². The molecular formula is C14H7BrF4O2. The van der Waals surface area contributed by atoms with Gasteiger partial charge in [0.1, 0.15) is 24.5 Å². The molecule has 2 nitrogen and oxygen atoms in total. The van der Waals surface area contributed by atoms with Gasteiger partial charge in [-0.2, -0.15) is 0 Å². The number of carbonyl (C=O) groups excluding carboxylic acids is 1. The molecular weight excluding hydrogens is 356 g/mol. The first kappa shape index (κ1) is 15.5. The van der Waals surface area contributed by atoms with Gasteiger partial charge < -0.3 is 4.74 Å². The first-order chi connectivity index (χ1) is 9.93. The molecule has 2 rings (SSSR count). The van der Waals surface area contributed by atoms with E-state index in [1.165, 1.54) is 0 Å². The van der Waals surface area contributed by atoms with Crippen LogP contribution in [-0.4, -0.2) is 6.29 Å². The second-order valence-electron chi connectivity index (χ2n) is 4.04. The third-order valence-electron chi connectivity index (χ3n) is 2.66. The zero-order valence-electron chi connectivity index (χ0n) is 10.3. The van der Waals surface area contributed by atoms with E-state index in [4.69, 9.17) is 4.74 Å². The van der Waals surface area contributed by atoms with Crippen LogP contribution in [0.15, 0.2) is 28.7 Å². The van der Waals surface area contributed by atoms with Gasteiger partial charge in [0.05, 0.1) is 10.0 Å². The number of aldehydes is 1. The number of carbonyl (C=O) groups is 1. The standard InChI is InChI=1S/C14H7BrF4O2/c15-9-1-2-10(16)8(13(9)19)6-21-14-11(17)3-7(5-20)4-12(14)18/h1-5H,6H2. The van der Waals surface area contributed by atoms with Crippen molar-refractivity contribution in [2.75, 3.05) is 0 Å². The van der Waals surface area contributed by atoms with Crippen molar-refractivity contribution in [1.29, 1.82) is 0 Å². The van der Waals surface area contributed by atoms with E-state index in [-0.39, 0.29) is 16.3 Å². The SMILES string of the molecule is O=Cc1cc(F)c(OCc2c(F)ccc(Br)c2F)c(F)c1. The van der Waals surface area contributed by atoms with E-state index in [0.29, 0.717) is 0 Å². The van der Waals surface area contributed by atoms with E-state index in [0.717, 1.165) is 24.3 Å². The first-order valence-corrected chi connectivity index (χ1v) is 6.42. The van der Waals surface area contributed by atoms with Crippen LogP contribution < -0.4 is 4.74 Å². The van der Waals surface area contributed by atoms with Crippen molar-refractivity contribution in [3.63, 3.8) is 0 Å². The molecule has 0 unspecified atom stereocenters. The summed E-state index contributed by atoms with van der Waals surface area (Å²) in [4.78, 5) is 10.4. The highest BCUT2D eigenvalue weighted by atomic mass is 79.9. The number of halogens is 5. The van der Waals surface area contributed by atoms with Gasteiger partial charge in [-0.05, 0) is 40.2 Å². The average Bonchev–Trinajstić information content (AvgIpc) is 2.45. The Morgan fingerprint density at radius 1 is 1.05 bits per heavy atom. The molecule has 0 amide bonds. The van der Waals surface area contributed by atoms with Crippen LogP contribution in [0.3, 0.4) is 0 Å². The highest BCUT2D eigenvalue weighted by Gasteiger charge is 2.17. The van der Waals surface area contributed by atoms with Crippen molar-refractivity contribution >= 4 is 22.2 Å². The van der Waals surface area contributed by atoms with Crippen molar-refractivity contribution in [3.8, 4) is 5.75 Å². The van der Waals surface area contributed by atoms with E-state index >= 15 is 0 Å². The monoisotopic (exact) mass is 362 g/mol. The van der Waals surface area contributed by atoms with Gasteiger partial charge in [0.15, 0.2) is 17.4 Å². The zero-order chi connectivity index (χ0) is 15.6. The Kier molecular flexibility index (Phi) is 4.62. The molecule has 0 fully saturated rings. The van der Waals surface area contributed by atoms with E-state index in [2.05, 4.69) is 15.9 Å². The van der Waals surface area contributed by atoms with Crippen LogP contribution in [-0.2, 0) is 6.61 Å². The maximum Gasteiger partial charge on any atom is 0.191 e. The molecule has 0 aliphatic carbocycles. The number of rotatable bonds is 4. The van der Waals surface area contributed by atoms with Crippen molar-refractivity contribution in [2.24, 2.45) is 0 Å². The molecule has 0 radical (unpaired) electrons. The van der Waals surface area contributed by atoms with Gasteiger partial charge in [0.2, 0.25) is 0 Å². The summed E-state index contributed by atoms with van der Waals surface area (Å²) in [7, 11) is 0. The molecule has 0 N–H and O–H groups in total. The lowest BCUT2D eigenvalue weighted by Gasteiger charge is -2.11. The van der Waals surface area contributed by atoms with Crippen LogP contribution in [0, 0.1) is 23.3 Å². The summed E-state index contributed by atoms with van der Waals surface area (Å²) in [5, 5.41) is 0. The fourth-order valence-corrected chi connectivity index (χ4v) is 2.00. The Bertz CT molecular complexity index is 681. The molecule has 2 aromatic rings. The summed E-state index contributed by atoms with van der Waals surface area (Å²) < 4.78 is 59.1. The first-order valence-electron chi connectivity index (χ1n) is 5.63. The lowest BCUT2D eigenvalue weighted by Crippen LogP contribution is -2.05. The minimum atomic E-state index is -1.13. The molecule has 0 bridgehead atoms. The number of hydrogen-bond donors (Lipinski definition) is 0. The van der Waals surface area contributed by atoms with E-state index in [9.17, 15) is 22.4 Å². The molecule has 0 atom stereocenters. The van der Waals surface area contributed by atoms with Crippen molar-refractivity contribution in [3.05, 3.63) is 63.1 Å². The van der Waals surface area contributed by atoms with Crippen LogP contribution in [0.25, 0.3) is 0 Å². The smallest absolute Gasteiger partial charge is 0.191 e. The summed E-state index contributed by atoms with van der Waals surface area (Å²) in [6.45, 7) is -0.703. The molecule has 0 heterocycles. The predicted octanol–water partition coefficient (Wildman–Crippen LogP) is 4.40. The third kappa shape index (κ3) is 3.24. The molecule has 0 saturated heterocycles. The van der Waals surface area contributed by atoms with Gasteiger partial charge in [-0.15, -0.1) is 0 Å². The Morgan fingerprint density at radius 2 is 1.67 bits per heavy atom. The molecule has 0 aliphatic rings. The lowest BCUT2D eigenvalue weighted by atomic mass is 10.2. The summed E-state index contributed by atoms with van der Waals surface area (Å²) in [6, 6.07) is 3.68. The van der Waals surface area contributed by atoms with Crippen molar-refractivity contribution in [2.45, 2.75) is 6.61 Å². The summed E-state index contributed by atoms with van der Waals surface area (Å²) >= 11 is 2.87. The van der Waals surface area contributed by atoms with Crippen LogP contribution in [0.4, 0.5) is 17.6 Å². The zero-order valence-corrected chi connectivity index (χ0v) is 11.9. The van der Waals surface area contributed by atoms with Crippen molar-refractivity contribution in [1.82, 2.24) is 0 Å². The van der Waals surface area contributed by atoms with Crippen LogP contribution in [0.2, 0.25) is 0 Å². The highest BCUT2D eigenvalue weighted by Crippen LogP contribution is 2.26. The molecule has 0 aromatic heterocycles. The number of ether oxygens (including phenoxy) is 1. The van der Waals surface area contributed by atoms with Gasteiger partial charge in [-0.1, -0.05) is 0 Å². The maximum absolute atomic E-state index is 13.7. The third-order valence-corrected chi connectivity index (χ3v) is 3.27. The van der Waals surface area contributed by atoms with Gasteiger partial charge in [-0.3, -0.25) is 4.79 Å². The Labute approximate surface area is 125 Å². The molecule has 7 heteroatoms. The minimum absolute atomic E-state index is 0.000235. The van der Waals surface area contributed by atoms with Gasteiger partial charge in [0.25, 0.3) is 0 Å². The average molecular weight is 363 g/mol. The maximum atomic E-state index is 13.7. The van der Waals surface area contributed by atoms with Crippen LogP contribution >= 0.6 is 15.9 Å². The van der Waals surface area contributed by atoms with Gasteiger partial charge in [0, 0.05) is 5.56 Å². The Morgan fingerprint density at radius 3 is 2.24 bits per heavy atom. The Balaban J connectivity index is 2.29. The summed E-state index contributed by atoms with van der Waals surface area (Å²) in [5.74, 6) is -4.89. The Hall–Kier alpha value is -1.89. The minimum Gasteiger partial charge on any atom is -0.483 e. The van der Waals surface area contributed by atoms with Gasteiger partial charge in [-0.25, -0.2) is 17.6 Å². The van der Waals surface area contributed by atoms with E-state index in [1.807, 2.05) is 0 Å². The fraction of sp³-hybridized carbons (Fsp3) is 0.0714. The molecule has 110 valence electrons. The summed E-state index contributed by atoms with van der Waals surface area (Å²) in [5.41, 5.74) is -0.681. The quantitative estimate of drug-likeness (QED) is 0.457. The largest absolute Gasteiger partial charge is 0.483 e. The van der Waals surface area contributed by atoms with Crippen molar-refractivity contribution < 1.29 is 27.1 Å². The second kappa shape index (κ2) is 6.26. The van der Waals surface area contributed by atoms with Gasteiger partial charge >= 0.3 is 0 Å². The number of hydrogen-bond acceptors (Lipinski definition) is 2. The predicted molar refractivity (Wildman–Crippen MR) is 70.1 cm³/mol. The van der Waals surface area contributed by atoms with E-state index < -0.39 is 41.2 Å². The summed E-state index contributed by atoms with van der Waals surface area (Å²) in [6.07, 6.45) is 0.267. The lowest BCUT2D eigenvalue weighted by molar-refractivity contribution is 0.112. The van der Waals surface area contributed by atoms with Crippen LogP contribution in [0.1, 0.15) is 15.9 Å². The normalized spacial score (nSPS) is 10.5. The fourth-order valence-electron chi connectivity index (χ4n) is 1.63. The molecule has 2 aromatic carbocycles. The molecule has 0 saturated carbocycles. The highest BCUT2D eigenvalue weighted by molar-refractivity contribution is 9.10. The molecule has 0 aliphatic heterocycles. The number of benzene rings is 2. The van der Waals surface area contributed by atoms with E-state index in [1.54, 1.807) is 0 Å². The second-order valence-corrected chi connectivity index (χ2v) is 4.90. The molecule has 0 spiro atoms. The topological polar surface area (TPSA) is 26.3 Å². The molecule has 21 heavy (non-hydrogen) atoms.